The normalized spacial score (nSPS) is 20.8. The first kappa shape index (κ1) is 14.1. The molecule has 0 radical (unpaired) electrons. The van der Waals surface area contributed by atoms with E-state index in [0.29, 0.717) is 0 Å². The average molecular weight is 256 g/mol. The lowest BCUT2D eigenvalue weighted by Gasteiger charge is -2.21. The molecule has 1 aliphatic rings. The standard InChI is InChI=1S/C17H24N2/c1-3-15-5-4-9-19(10-8-15)13-17-7-6-16(12-18)11-14(17)2/h6-7,11,15H,3-5,8-10,13H2,1-2H3. The second-order valence-electron chi connectivity index (χ2n) is 5.73. The number of likely N-dealkylation sites (tertiary alicyclic amines) is 1. The number of hydrogen-bond acceptors (Lipinski definition) is 2. The van der Waals surface area contributed by atoms with Crippen LogP contribution in [0.25, 0.3) is 0 Å². The Labute approximate surface area is 117 Å². The van der Waals surface area contributed by atoms with E-state index < -0.39 is 0 Å². The average Bonchev–Trinajstić information content (AvgIpc) is 2.66. The summed E-state index contributed by atoms with van der Waals surface area (Å²) in [6, 6.07) is 8.27. The maximum Gasteiger partial charge on any atom is 0.0991 e. The molecule has 1 saturated heterocycles. The minimum Gasteiger partial charge on any atom is -0.299 e. The van der Waals surface area contributed by atoms with E-state index in [1.165, 1.54) is 49.9 Å². The largest absolute Gasteiger partial charge is 0.299 e. The summed E-state index contributed by atoms with van der Waals surface area (Å²) in [4.78, 5) is 2.57. The Hall–Kier alpha value is -1.33. The lowest BCUT2D eigenvalue weighted by molar-refractivity contribution is 0.271. The minimum atomic E-state index is 0.767. The molecule has 1 heterocycles. The monoisotopic (exact) mass is 256 g/mol. The Bertz CT molecular complexity index is 459. The topological polar surface area (TPSA) is 27.0 Å². The van der Waals surface area contributed by atoms with Crippen LogP contribution in [0.4, 0.5) is 0 Å². The number of benzene rings is 1. The molecule has 2 heteroatoms. The molecule has 0 aromatic heterocycles. The molecule has 1 aromatic rings. The molecule has 2 nitrogen and oxygen atoms in total. The fourth-order valence-electron chi connectivity index (χ4n) is 2.97. The van der Waals surface area contributed by atoms with Gasteiger partial charge in [-0.1, -0.05) is 19.4 Å². The van der Waals surface area contributed by atoms with E-state index in [4.69, 9.17) is 5.26 Å². The smallest absolute Gasteiger partial charge is 0.0991 e. The second kappa shape index (κ2) is 6.73. The van der Waals surface area contributed by atoms with Crippen molar-refractivity contribution in [2.45, 2.75) is 46.1 Å². The first-order valence-electron chi connectivity index (χ1n) is 7.45. The molecule has 1 fully saturated rings. The van der Waals surface area contributed by atoms with Crippen LogP contribution in [0, 0.1) is 24.2 Å². The van der Waals surface area contributed by atoms with Crippen LogP contribution in [0.5, 0.6) is 0 Å². The van der Waals surface area contributed by atoms with E-state index in [0.717, 1.165) is 18.0 Å². The summed E-state index contributed by atoms with van der Waals surface area (Å²) in [5.41, 5.74) is 3.38. The predicted octanol–water partition coefficient (Wildman–Crippen LogP) is 3.88. The fraction of sp³-hybridized carbons (Fsp3) is 0.588. The zero-order chi connectivity index (χ0) is 13.7. The van der Waals surface area contributed by atoms with E-state index in [9.17, 15) is 0 Å². The molecule has 19 heavy (non-hydrogen) atoms. The third-order valence-corrected chi connectivity index (χ3v) is 4.38. The molecule has 1 aromatic carbocycles. The van der Waals surface area contributed by atoms with Gasteiger partial charge in [0.1, 0.15) is 0 Å². The van der Waals surface area contributed by atoms with Gasteiger partial charge < -0.3 is 0 Å². The molecule has 0 spiro atoms. The van der Waals surface area contributed by atoms with Crippen molar-refractivity contribution >= 4 is 0 Å². The number of rotatable bonds is 3. The first-order chi connectivity index (χ1) is 9.22. The summed E-state index contributed by atoms with van der Waals surface area (Å²) in [7, 11) is 0. The van der Waals surface area contributed by atoms with Gasteiger partial charge in [0.25, 0.3) is 0 Å². The maximum absolute atomic E-state index is 8.91. The van der Waals surface area contributed by atoms with Crippen LogP contribution in [-0.2, 0) is 6.54 Å². The Morgan fingerprint density at radius 2 is 2.16 bits per heavy atom. The van der Waals surface area contributed by atoms with Crippen LogP contribution in [0.15, 0.2) is 18.2 Å². The van der Waals surface area contributed by atoms with Crippen molar-refractivity contribution in [2.75, 3.05) is 13.1 Å². The van der Waals surface area contributed by atoms with Gasteiger partial charge in [-0.2, -0.15) is 5.26 Å². The van der Waals surface area contributed by atoms with Gasteiger partial charge in [-0.15, -0.1) is 0 Å². The maximum atomic E-state index is 8.91. The number of aryl methyl sites for hydroxylation is 1. The summed E-state index contributed by atoms with van der Waals surface area (Å²) in [6.07, 6.45) is 5.38. The fourth-order valence-corrected chi connectivity index (χ4v) is 2.97. The van der Waals surface area contributed by atoms with Gasteiger partial charge in [-0.3, -0.25) is 4.90 Å². The van der Waals surface area contributed by atoms with E-state index in [-0.39, 0.29) is 0 Å². The highest BCUT2D eigenvalue weighted by Gasteiger charge is 2.16. The second-order valence-corrected chi connectivity index (χ2v) is 5.73. The van der Waals surface area contributed by atoms with Crippen LogP contribution in [0.3, 0.4) is 0 Å². The zero-order valence-corrected chi connectivity index (χ0v) is 12.2. The van der Waals surface area contributed by atoms with E-state index in [2.05, 4.69) is 30.9 Å². The highest BCUT2D eigenvalue weighted by Crippen LogP contribution is 2.22. The summed E-state index contributed by atoms with van der Waals surface area (Å²) in [6.45, 7) is 7.90. The molecule has 0 aliphatic carbocycles. The first-order valence-corrected chi connectivity index (χ1v) is 7.45. The quantitative estimate of drug-likeness (QED) is 0.820. The van der Waals surface area contributed by atoms with Gasteiger partial charge in [0.2, 0.25) is 0 Å². The van der Waals surface area contributed by atoms with E-state index in [1.54, 1.807) is 0 Å². The Morgan fingerprint density at radius 1 is 1.32 bits per heavy atom. The molecule has 0 N–H and O–H groups in total. The van der Waals surface area contributed by atoms with Crippen LogP contribution in [0.2, 0.25) is 0 Å². The Kier molecular flexibility index (Phi) is 4.99. The molecule has 1 aliphatic heterocycles. The molecule has 0 amide bonds. The van der Waals surface area contributed by atoms with Gasteiger partial charge in [0.05, 0.1) is 11.6 Å². The summed E-state index contributed by atoms with van der Waals surface area (Å²) < 4.78 is 0. The van der Waals surface area contributed by atoms with Crippen LogP contribution < -0.4 is 0 Å². The minimum absolute atomic E-state index is 0.767. The van der Waals surface area contributed by atoms with Gasteiger partial charge in [0, 0.05) is 6.54 Å². The van der Waals surface area contributed by atoms with Crippen molar-refractivity contribution in [3.05, 3.63) is 34.9 Å². The lowest BCUT2D eigenvalue weighted by Crippen LogP contribution is -2.24. The van der Waals surface area contributed by atoms with Crippen LogP contribution in [0.1, 0.15) is 49.3 Å². The van der Waals surface area contributed by atoms with Gasteiger partial charge in [-0.05, 0) is 68.5 Å². The van der Waals surface area contributed by atoms with Crippen molar-refractivity contribution in [1.82, 2.24) is 4.90 Å². The van der Waals surface area contributed by atoms with Crippen molar-refractivity contribution in [3.63, 3.8) is 0 Å². The Balaban J connectivity index is 1.99. The van der Waals surface area contributed by atoms with Gasteiger partial charge in [-0.25, -0.2) is 0 Å². The molecule has 2 rings (SSSR count). The van der Waals surface area contributed by atoms with E-state index in [1.807, 2.05) is 12.1 Å². The molecule has 1 unspecified atom stereocenters. The molecule has 102 valence electrons. The summed E-state index contributed by atoms with van der Waals surface area (Å²) in [5, 5.41) is 8.91. The summed E-state index contributed by atoms with van der Waals surface area (Å²) >= 11 is 0. The van der Waals surface area contributed by atoms with Crippen molar-refractivity contribution in [1.29, 1.82) is 5.26 Å². The van der Waals surface area contributed by atoms with Crippen LogP contribution in [-0.4, -0.2) is 18.0 Å². The van der Waals surface area contributed by atoms with Crippen LogP contribution >= 0.6 is 0 Å². The summed E-state index contributed by atoms with van der Waals surface area (Å²) in [5.74, 6) is 0.923. The van der Waals surface area contributed by atoms with Crippen molar-refractivity contribution < 1.29 is 0 Å². The highest BCUT2D eigenvalue weighted by molar-refractivity contribution is 5.37. The third-order valence-electron chi connectivity index (χ3n) is 4.38. The van der Waals surface area contributed by atoms with Gasteiger partial charge >= 0.3 is 0 Å². The molecular formula is C17H24N2. The number of hydrogen-bond donors (Lipinski definition) is 0. The molecule has 1 atom stereocenters. The number of nitrogens with zero attached hydrogens (tertiary/aromatic N) is 2. The lowest BCUT2D eigenvalue weighted by atomic mass is 9.98. The third kappa shape index (κ3) is 3.81. The zero-order valence-electron chi connectivity index (χ0n) is 12.2. The molecule has 0 bridgehead atoms. The Morgan fingerprint density at radius 3 is 2.84 bits per heavy atom. The number of nitriles is 1. The SMILES string of the molecule is CCC1CCCN(Cc2ccc(C#N)cc2C)CC1. The molecular weight excluding hydrogens is 232 g/mol. The van der Waals surface area contributed by atoms with Crippen molar-refractivity contribution in [2.24, 2.45) is 5.92 Å². The van der Waals surface area contributed by atoms with Gasteiger partial charge in [0.15, 0.2) is 0 Å². The predicted molar refractivity (Wildman–Crippen MR) is 78.8 cm³/mol. The van der Waals surface area contributed by atoms with E-state index >= 15 is 0 Å². The highest BCUT2D eigenvalue weighted by atomic mass is 15.1. The van der Waals surface area contributed by atoms with Crippen molar-refractivity contribution in [3.8, 4) is 6.07 Å². The molecule has 0 saturated carbocycles.